The molecule has 0 unspecified atom stereocenters. The van der Waals surface area contributed by atoms with Crippen LogP contribution in [0.15, 0.2) is 12.3 Å². The molecule has 88 valence electrons. The zero-order valence-corrected chi connectivity index (χ0v) is 8.11. The smallest absolute Gasteiger partial charge is 0.421 e. The lowest BCUT2D eigenvalue weighted by Crippen LogP contribution is -2.10. The van der Waals surface area contributed by atoms with Gasteiger partial charge in [0.15, 0.2) is 0 Å². The fourth-order valence-electron chi connectivity index (χ4n) is 0.996. The van der Waals surface area contributed by atoms with Gasteiger partial charge in [-0.25, -0.2) is 4.98 Å². The molecular weight excluding hydrogens is 229 g/mol. The van der Waals surface area contributed by atoms with Crippen LogP contribution in [-0.4, -0.2) is 16.5 Å². The molecule has 1 aromatic rings. The number of alkyl halides is 3. The summed E-state index contributed by atoms with van der Waals surface area (Å²) in [6, 6.07) is 0.401. The Hall–Kier alpha value is -1.86. The molecule has 0 saturated heterocycles. The summed E-state index contributed by atoms with van der Waals surface area (Å²) in [4.78, 5) is 12.6. The Balaban J connectivity index is 3.27. The molecule has 0 aliphatic heterocycles. The highest BCUT2D eigenvalue weighted by Crippen LogP contribution is 2.36. The Labute approximate surface area is 88.0 Å². The van der Waals surface area contributed by atoms with Gasteiger partial charge in [-0.05, 0) is 6.92 Å². The van der Waals surface area contributed by atoms with Gasteiger partial charge >= 0.3 is 6.18 Å². The molecule has 0 aliphatic carbocycles. The number of pyridine rings is 1. The number of aromatic nitrogens is 1. The summed E-state index contributed by atoms with van der Waals surface area (Å²) in [7, 11) is 0. The second kappa shape index (κ2) is 4.33. The van der Waals surface area contributed by atoms with E-state index in [4.69, 9.17) is 0 Å². The summed E-state index contributed by atoms with van der Waals surface area (Å²) in [5.74, 6) is -0.652. The molecule has 0 spiro atoms. The van der Waals surface area contributed by atoms with Crippen LogP contribution in [0, 0.1) is 10.1 Å². The minimum absolute atomic E-state index is 0.00606. The molecule has 0 aromatic carbocycles. The van der Waals surface area contributed by atoms with Crippen molar-refractivity contribution in [3.8, 4) is 5.88 Å². The van der Waals surface area contributed by atoms with Gasteiger partial charge in [-0.15, -0.1) is 0 Å². The first kappa shape index (κ1) is 12.2. The van der Waals surface area contributed by atoms with Crippen LogP contribution in [0.3, 0.4) is 0 Å². The van der Waals surface area contributed by atoms with Crippen molar-refractivity contribution in [2.75, 3.05) is 6.61 Å². The summed E-state index contributed by atoms with van der Waals surface area (Å²) < 4.78 is 42.1. The zero-order valence-electron chi connectivity index (χ0n) is 8.11. The van der Waals surface area contributed by atoms with Gasteiger partial charge in [0.25, 0.3) is 5.69 Å². The molecule has 1 rings (SSSR count). The Bertz CT molecular complexity index is 406. The Morgan fingerprint density at radius 1 is 1.56 bits per heavy atom. The lowest BCUT2D eigenvalue weighted by Gasteiger charge is -2.10. The van der Waals surface area contributed by atoms with E-state index in [9.17, 15) is 23.3 Å². The van der Waals surface area contributed by atoms with Gasteiger partial charge in [-0.3, -0.25) is 10.1 Å². The third-order valence-corrected chi connectivity index (χ3v) is 1.63. The number of hydrogen-bond acceptors (Lipinski definition) is 4. The molecular formula is C8H7F3N2O3. The van der Waals surface area contributed by atoms with Crippen molar-refractivity contribution in [3.05, 3.63) is 27.9 Å². The lowest BCUT2D eigenvalue weighted by atomic mass is 10.2. The summed E-state index contributed by atoms with van der Waals surface area (Å²) in [6.07, 6.45) is -4.01. The van der Waals surface area contributed by atoms with Crippen LogP contribution >= 0.6 is 0 Å². The van der Waals surface area contributed by atoms with Gasteiger partial charge in [0.1, 0.15) is 11.8 Å². The van der Waals surface area contributed by atoms with Crippen LogP contribution in [-0.2, 0) is 6.18 Å². The molecule has 0 fully saturated rings. The molecule has 0 radical (unpaired) electrons. The second-order valence-electron chi connectivity index (χ2n) is 2.73. The summed E-state index contributed by atoms with van der Waals surface area (Å²) in [5, 5.41) is 10.3. The van der Waals surface area contributed by atoms with E-state index in [-0.39, 0.29) is 6.61 Å². The van der Waals surface area contributed by atoms with Gasteiger partial charge in [0.2, 0.25) is 5.88 Å². The molecule has 0 amide bonds. The molecule has 1 heterocycles. The first-order chi connectivity index (χ1) is 7.36. The maximum absolute atomic E-state index is 12.5. The first-order valence-electron chi connectivity index (χ1n) is 4.20. The quantitative estimate of drug-likeness (QED) is 0.597. The number of halogens is 3. The third kappa shape index (κ3) is 2.59. The van der Waals surface area contributed by atoms with Crippen molar-refractivity contribution >= 4 is 5.69 Å². The molecule has 0 atom stereocenters. The van der Waals surface area contributed by atoms with Crippen molar-refractivity contribution in [2.45, 2.75) is 13.1 Å². The zero-order chi connectivity index (χ0) is 12.3. The average Bonchev–Trinajstić information content (AvgIpc) is 2.16. The molecule has 0 bridgehead atoms. The van der Waals surface area contributed by atoms with E-state index < -0.39 is 28.2 Å². The van der Waals surface area contributed by atoms with Gasteiger partial charge in [0, 0.05) is 6.07 Å². The van der Waals surface area contributed by atoms with Gasteiger partial charge in [-0.2, -0.15) is 13.2 Å². The molecule has 5 nitrogen and oxygen atoms in total. The third-order valence-electron chi connectivity index (χ3n) is 1.63. The molecule has 16 heavy (non-hydrogen) atoms. The van der Waals surface area contributed by atoms with E-state index in [0.29, 0.717) is 6.07 Å². The maximum atomic E-state index is 12.5. The van der Waals surface area contributed by atoms with E-state index in [1.807, 2.05) is 0 Å². The van der Waals surface area contributed by atoms with Crippen LogP contribution in [0.4, 0.5) is 18.9 Å². The van der Waals surface area contributed by atoms with Crippen LogP contribution in [0.25, 0.3) is 0 Å². The van der Waals surface area contributed by atoms with Crippen molar-refractivity contribution in [1.82, 2.24) is 4.98 Å². The Kier molecular flexibility index (Phi) is 3.31. The highest BCUT2D eigenvalue weighted by molar-refractivity contribution is 5.39. The number of nitro groups is 1. The van der Waals surface area contributed by atoms with Crippen molar-refractivity contribution in [2.24, 2.45) is 0 Å². The highest BCUT2D eigenvalue weighted by atomic mass is 19.4. The van der Waals surface area contributed by atoms with Crippen LogP contribution in [0.1, 0.15) is 12.5 Å². The number of nitrogens with zero attached hydrogens (tertiary/aromatic N) is 2. The fraction of sp³-hybridized carbons (Fsp3) is 0.375. The number of hydrogen-bond donors (Lipinski definition) is 0. The molecule has 8 heteroatoms. The molecule has 0 saturated carbocycles. The standard InChI is InChI=1S/C8H7F3N2O3/c1-2-16-7-6(8(9,10)11)3-5(4-12-7)13(14)15/h3-4H,2H2,1H3. The number of rotatable bonds is 3. The minimum atomic E-state index is -4.73. The highest BCUT2D eigenvalue weighted by Gasteiger charge is 2.37. The van der Waals surface area contributed by atoms with E-state index in [2.05, 4.69) is 9.72 Å². The Morgan fingerprint density at radius 3 is 2.62 bits per heavy atom. The normalized spacial score (nSPS) is 11.2. The van der Waals surface area contributed by atoms with E-state index in [0.717, 1.165) is 6.20 Å². The van der Waals surface area contributed by atoms with Crippen LogP contribution in [0.5, 0.6) is 5.88 Å². The van der Waals surface area contributed by atoms with E-state index in [1.54, 1.807) is 0 Å². The number of ether oxygens (including phenoxy) is 1. The largest absolute Gasteiger partial charge is 0.478 e. The van der Waals surface area contributed by atoms with Crippen LogP contribution < -0.4 is 4.74 Å². The molecule has 0 N–H and O–H groups in total. The predicted molar refractivity (Wildman–Crippen MR) is 47.1 cm³/mol. The van der Waals surface area contributed by atoms with Gasteiger partial charge in [-0.1, -0.05) is 0 Å². The van der Waals surface area contributed by atoms with E-state index in [1.165, 1.54) is 6.92 Å². The summed E-state index contributed by atoms with van der Waals surface area (Å²) in [6.45, 7) is 1.48. The summed E-state index contributed by atoms with van der Waals surface area (Å²) in [5.41, 5.74) is -1.97. The van der Waals surface area contributed by atoms with E-state index >= 15 is 0 Å². The topological polar surface area (TPSA) is 65.3 Å². The van der Waals surface area contributed by atoms with Gasteiger partial charge in [0.05, 0.1) is 11.5 Å². The summed E-state index contributed by atoms with van der Waals surface area (Å²) >= 11 is 0. The minimum Gasteiger partial charge on any atom is -0.478 e. The average molecular weight is 236 g/mol. The van der Waals surface area contributed by atoms with Crippen molar-refractivity contribution in [1.29, 1.82) is 0 Å². The maximum Gasteiger partial charge on any atom is 0.421 e. The second-order valence-corrected chi connectivity index (χ2v) is 2.73. The molecule has 0 aliphatic rings. The Morgan fingerprint density at radius 2 is 2.19 bits per heavy atom. The monoisotopic (exact) mass is 236 g/mol. The SMILES string of the molecule is CCOc1ncc([N+](=O)[O-])cc1C(F)(F)F. The lowest BCUT2D eigenvalue weighted by molar-refractivity contribution is -0.385. The predicted octanol–water partition coefficient (Wildman–Crippen LogP) is 2.41. The molecule has 1 aromatic heterocycles. The van der Waals surface area contributed by atoms with Crippen LogP contribution in [0.2, 0.25) is 0 Å². The first-order valence-corrected chi connectivity index (χ1v) is 4.20. The van der Waals surface area contributed by atoms with Crippen molar-refractivity contribution in [3.63, 3.8) is 0 Å². The van der Waals surface area contributed by atoms with Crippen molar-refractivity contribution < 1.29 is 22.8 Å². The fourth-order valence-corrected chi connectivity index (χ4v) is 0.996. The van der Waals surface area contributed by atoms with Gasteiger partial charge < -0.3 is 4.74 Å².